The van der Waals surface area contributed by atoms with Crippen molar-refractivity contribution in [2.24, 2.45) is 5.84 Å². The Morgan fingerprint density at radius 1 is 1.62 bits per heavy atom. The summed E-state index contributed by atoms with van der Waals surface area (Å²) in [6.07, 6.45) is 1.54. The number of halogens is 2. The quantitative estimate of drug-likeness (QED) is 0.487. The molecule has 4 heteroatoms. The van der Waals surface area contributed by atoms with Crippen molar-refractivity contribution in [2.45, 2.75) is 6.04 Å². The smallest absolute Gasteiger partial charge is 0.129 e. The summed E-state index contributed by atoms with van der Waals surface area (Å²) in [6, 6.07) is 4.38. The van der Waals surface area contributed by atoms with E-state index in [1.54, 1.807) is 18.2 Å². The number of nitrogens with two attached hydrogens (primary N) is 1. The first-order chi connectivity index (χ1) is 6.20. The van der Waals surface area contributed by atoms with E-state index >= 15 is 0 Å². The van der Waals surface area contributed by atoms with Crippen LogP contribution < -0.4 is 11.3 Å². The highest BCUT2D eigenvalue weighted by atomic mass is 79.9. The van der Waals surface area contributed by atoms with Gasteiger partial charge < -0.3 is 0 Å². The van der Waals surface area contributed by atoms with Crippen molar-refractivity contribution in [1.82, 2.24) is 5.43 Å². The highest BCUT2D eigenvalue weighted by Gasteiger charge is 2.13. The molecule has 0 aliphatic carbocycles. The van der Waals surface area contributed by atoms with E-state index in [0.29, 0.717) is 10.0 Å². The number of hydrogen-bond acceptors (Lipinski definition) is 2. The number of hydrogen-bond donors (Lipinski definition) is 2. The fourth-order valence-corrected chi connectivity index (χ4v) is 1.67. The van der Waals surface area contributed by atoms with Crippen molar-refractivity contribution in [1.29, 1.82) is 0 Å². The maximum Gasteiger partial charge on any atom is 0.129 e. The van der Waals surface area contributed by atoms with Gasteiger partial charge in [0, 0.05) is 10.0 Å². The Morgan fingerprint density at radius 3 is 2.77 bits per heavy atom. The molecule has 0 heterocycles. The molecule has 1 rings (SSSR count). The highest BCUT2D eigenvalue weighted by Crippen LogP contribution is 2.26. The fraction of sp³-hybridized carbons (Fsp3) is 0.111. The predicted molar refractivity (Wildman–Crippen MR) is 54.4 cm³/mol. The van der Waals surface area contributed by atoms with E-state index in [2.05, 4.69) is 27.9 Å². The van der Waals surface area contributed by atoms with Crippen LogP contribution >= 0.6 is 15.9 Å². The molecule has 0 saturated heterocycles. The van der Waals surface area contributed by atoms with E-state index in [9.17, 15) is 4.39 Å². The van der Waals surface area contributed by atoms with E-state index in [1.165, 1.54) is 6.07 Å². The van der Waals surface area contributed by atoms with Crippen LogP contribution in [0.5, 0.6) is 0 Å². The first-order valence-electron chi connectivity index (χ1n) is 3.73. The Balaban J connectivity index is 3.17. The number of hydrazine groups is 1. The van der Waals surface area contributed by atoms with Crippen LogP contribution in [-0.2, 0) is 0 Å². The van der Waals surface area contributed by atoms with Crippen molar-refractivity contribution in [3.05, 3.63) is 46.7 Å². The van der Waals surface area contributed by atoms with Gasteiger partial charge in [-0.3, -0.25) is 5.84 Å². The van der Waals surface area contributed by atoms with Gasteiger partial charge in [0.25, 0.3) is 0 Å². The van der Waals surface area contributed by atoms with E-state index in [1.807, 2.05) is 0 Å². The molecule has 13 heavy (non-hydrogen) atoms. The van der Waals surface area contributed by atoms with Crippen LogP contribution in [0, 0.1) is 5.82 Å². The van der Waals surface area contributed by atoms with Crippen molar-refractivity contribution in [2.75, 3.05) is 0 Å². The van der Waals surface area contributed by atoms with Crippen LogP contribution in [0.15, 0.2) is 35.3 Å². The highest BCUT2D eigenvalue weighted by molar-refractivity contribution is 9.10. The first-order valence-corrected chi connectivity index (χ1v) is 4.52. The molecule has 0 saturated carbocycles. The third-order valence-corrected chi connectivity index (χ3v) is 2.42. The topological polar surface area (TPSA) is 38.0 Å². The molecule has 3 N–H and O–H groups in total. The summed E-state index contributed by atoms with van der Waals surface area (Å²) in [5, 5.41) is 0. The van der Waals surface area contributed by atoms with Gasteiger partial charge in [-0.1, -0.05) is 28.1 Å². The number of benzene rings is 1. The Kier molecular flexibility index (Phi) is 3.59. The van der Waals surface area contributed by atoms with Gasteiger partial charge in [-0.2, -0.15) is 0 Å². The Bertz CT molecular complexity index is 294. The Hall–Kier alpha value is -0.710. The van der Waals surface area contributed by atoms with Crippen molar-refractivity contribution in [3.8, 4) is 0 Å². The number of nitrogens with one attached hydrogen (secondary N) is 1. The first kappa shape index (κ1) is 10.4. The second-order valence-electron chi connectivity index (χ2n) is 2.52. The lowest BCUT2D eigenvalue weighted by Crippen LogP contribution is -2.27. The van der Waals surface area contributed by atoms with Gasteiger partial charge in [0.1, 0.15) is 5.82 Å². The summed E-state index contributed by atoms with van der Waals surface area (Å²) in [4.78, 5) is 0. The van der Waals surface area contributed by atoms with Crippen molar-refractivity contribution in [3.63, 3.8) is 0 Å². The van der Waals surface area contributed by atoms with E-state index in [4.69, 9.17) is 5.84 Å². The molecule has 0 fully saturated rings. The summed E-state index contributed by atoms with van der Waals surface area (Å²) in [5.41, 5.74) is 2.93. The molecule has 1 unspecified atom stereocenters. The SMILES string of the molecule is C=CC(NN)c1c(F)cccc1Br. The average molecular weight is 245 g/mol. The minimum Gasteiger partial charge on any atom is -0.271 e. The molecular weight excluding hydrogens is 235 g/mol. The van der Waals surface area contributed by atoms with Gasteiger partial charge in [-0.25, -0.2) is 9.82 Å². The minimum atomic E-state index is -0.379. The molecule has 70 valence electrons. The lowest BCUT2D eigenvalue weighted by atomic mass is 10.1. The van der Waals surface area contributed by atoms with Crippen LogP contribution in [-0.4, -0.2) is 0 Å². The second-order valence-corrected chi connectivity index (χ2v) is 3.37. The summed E-state index contributed by atoms with van der Waals surface area (Å²) in [6.45, 7) is 3.56. The zero-order valence-corrected chi connectivity index (χ0v) is 8.51. The van der Waals surface area contributed by atoms with Crippen LogP contribution in [0.2, 0.25) is 0 Å². The van der Waals surface area contributed by atoms with Gasteiger partial charge in [-0.05, 0) is 12.1 Å². The molecule has 0 amide bonds. The summed E-state index contributed by atoms with van der Waals surface area (Å²) in [7, 11) is 0. The molecule has 1 aromatic rings. The standard InChI is InChI=1S/C9H10BrFN2/c1-2-8(13-12)9-6(10)4-3-5-7(9)11/h2-5,8,13H,1,12H2. The van der Waals surface area contributed by atoms with Crippen LogP contribution in [0.25, 0.3) is 0 Å². The van der Waals surface area contributed by atoms with Crippen molar-refractivity contribution < 1.29 is 4.39 Å². The maximum absolute atomic E-state index is 13.3. The number of rotatable bonds is 3. The molecule has 0 aliphatic heterocycles. The van der Waals surface area contributed by atoms with Crippen LogP contribution in [0.3, 0.4) is 0 Å². The predicted octanol–water partition coefficient (Wildman–Crippen LogP) is 2.28. The largest absolute Gasteiger partial charge is 0.271 e. The van der Waals surface area contributed by atoms with Crippen LogP contribution in [0.1, 0.15) is 11.6 Å². The molecule has 1 aromatic carbocycles. The summed E-state index contributed by atoms with van der Waals surface area (Å²) >= 11 is 3.25. The van der Waals surface area contributed by atoms with E-state index in [0.717, 1.165) is 0 Å². The lowest BCUT2D eigenvalue weighted by Gasteiger charge is -2.13. The van der Waals surface area contributed by atoms with Gasteiger partial charge in [0.2, 0.25) is 0 Å². The van der Waals surface area contributed by atoms with E-state index in [-0.39, 0.29) is 11.9 Å². The molecule has 0 radical (unpaired) electrons. The molecular formula is C9H10BrFN2. The third-order valence-electron chi connectivity index (χ3n) is 1.73. The molecule has 0 aliphatic rings. The summed E-state index contributed by atoms with van der Waals surface area (Å²) < 4.78 is 14.0. The van der Waals surface area contributed by atoms with Gasteiger partial charge >= 0.3 is 0 Å². The fourth-order valence-electron chi connectivity index (χ4n) is 1.08. The van der Waals surface area contributed by atoms with Gasteiger partial charge in [-0.15, -0.1) is 6.58 Å². The normalized spacial score (nSPS) is 12.5. The third kappa shape index (κ3) is 2.15. The van der Waals surface area contributed by atoms with Crippen molar-refractivity contribution >= 4 is 15.9 Å². The molecule has 0 bridgehead atoms. The van der Waals surface area contributed by atoms with Gasteiger partial charge in [0.15, 0.2) is 0 Å². The molecule has 0 aromatic heterocycles. The van der Waals surface area contributed by atoms with Gasteiger partial charge in [0.05, 0.1) is 6.04 Å². The molecule has 2 nitrogen and oxygen atoms in total. The second kappa shape index (κ2) is 4.50. The Morgan fingerprint density at radius 2 is 2.31 bits per heavy atom. The zero-order chi connectivity index (χ0) is 9.84. The zero-order valence-electron chi connectivity index (χ0n) is 6.93. The summed E-state index contributed by atoms with van der Waals surface area (Å²) in [5.74, 6) is 4.94. The van der Waals surface area contributed by atoms with E-state index < -0.39 is 0 Å². The maximum atomic E-state index is 13.3. The monoisotopic (exact) mass is 244 g/mol. The van der Waals surface area contributed by atoms with Crippen LogP contribution in [0.4, 0.5) is 4.39 Å². The lowest BCUT2D eigenvalue weighted by molar-refractivity contribution is 0.566. The molecule has 0 spiro atoms. The average Bonchev–Trinajstić information content (AvgIpc) is 2.11. The molecule has 1 atom stereocenters. The Labute approximate surface area is 84.7 Å². The minimum absolute atomic E-state index is 0.308.